The average Bonchev–Trinajstić information content (AvgIpc) is 3.39. The van der Waals surface area contributed by atoms with Gasteiger partial charge >= 0.3 is 5.97 Å². The predicted molar refractivity (Wildman–Crippen MR) is 155 cm³/mol. The molecule has 5 rings (SSSR count). The van der Waals surface area contributed by atoms with E-state index < -0.39 is 16.0 Å². The summed E-state index contributed by atoms with van der Waals surface area (Å²) in [6, 6.07) is 21.2. The summed E-state index contributed by atoms with van der Waals surface area (Å²) >= 11 is 5.83. The highest BCUT2D eigenvalue weighted by Crippen LogP contribution is 2.44. The van der Waals surface area contributed by atoms with E-state index in [2.05, 4.69) is 25.7 Å². The van der Waals surface area contributed by atoms with Crippen LogP contribution in [0.1, 0.15) is 45.1 Å². The number of carboxylic acids is 1. The zero-order chi connectivity index (χ0) is 27.9. The monoisotopic (exact) mass is 561 g/mol. The van der Waals surface area contributed by atoms with Crippen molar-refractivity contribution in [1.82, 2.24) is 14.9 Å². The lowest BCUT2D eigenvalue weighted by molar-refractivity contribution is 0.0697. The van der Waals surface area contributed by atoms with Crippen LogP contribution in [-0.4, -0.2) is 40.4 Å². The van der Waals surface area contributed by atoms with E-state index in [1.807, 2.05) is 49.1 Å². The Kier molecular flexibility index (Phi) is 6.87. The summed E-state index contributed by atoms with van der Waals surface area (Å²) in [5, 5.41) is 13.3. The van der Waals surface area contributed by atoms with E-state index in [0.717, 1.165) is 40.3 Å². The molecule has 200 valence electrons. The number of aryl methyl sites for hydroxylation is 1. The fourth-order valence-electron chi connectivity index (χ4n) is 5.09. The van der Waals surface area contributed by atoms with Crippen molar-refractivity contribution >= 4 is 44.7 Å². The van der Waals surface area contributed by atoms with Crippen molar-refractivity contribution in [3.63, 3.8) is 0 Å². The Bertz CT molecular complexity index is 1650. The molecule has 2 atom stereocenters. The molecule has 0 unspecified atom stereocenters. The third-order valence-corrected chi connectivity index (χ3v) is 7.63. The minimum absolute atomic E-state index is 0.224. The first-order valence-electron chi connectivity index (χ1n) is 12.1. The summed E-state index contributed by atoms with van der Waals surface area (Å²) in [6.45, 7) is 4.04. The summed E-state index contributed by atoms with van der Waals surface area (Å²) in [6.07, 6.45) is 2.86. The summed E-state index contributed by atoms with van der Waals surface area (Å²) < 4.78 is 27.9. The highest BCUT2D eigenvalue weighted by atomic mass is 32.2. The van der Waals surface area contributed by atoms with Gasteiger partial charge in [0.15, 0.2) is 5.11 Å². The Hall–Kier alpha value is -4.22. The SMILES string of the molecule is Cc1cc([C@H]2[C@@H](c3ccccn3)NC(=S)N2c2ccc(NS(C)(=O)=O)cc2)c(C)n1-c1ccc(C(=O)O)cc1. The molecule has 2 aromatic carbocycles. The molecule has 1 aliphatic rings. The number of hydrogen-bond acceptors (Lipinski definition) is 5. The van der Waals surface area contributed by atoms with Crippen molar-refractivity contribution in [1.29, 1.82) is 0 Å². The molecule has 0 aliphatic carbocycles. The summed E-state index contributed by atoms with van der Waals surface area (Å²) in [7, 11) is -3.41. The van der Waals surface area contributed by atoms with Crippen molar-refractivity contribution in [2.75, 3.05) is 15.9 Å². The molecule has 11 heteroatoms. The lowest BCUT2D eigenvalue weighted by atomic mass is 9.96. The van der Waals surface area contributed by atoms with Crippen LogP contribution in [0.15, 0.2) is 79.0 Å². The van der Waals surface area contributed by atoms with Gasteiger partial charge in [0.25, 0.3) is 0 Å². The smallest absolute Gasteiger partial charge is 0.335 e. The third kappa shape index (κ3) is 5.23. The van der Waals surface area contributed by atoms with E-state index in [1.54, 1.807) is 42.6 Å². The van der Waals surface area contributed by atoms with Crippen LogP contribution in [0.4, 0.5) is 11.4 Å². The maximum Gasteiger partial charge on any atom is 0.335 e. The van der Waals surface area contributed by atoms with Crippen LogP contribution in [0.3, 0.4) is 0 Å². The van der Waals surface area contributed by atoms with Crippen molar-refractivity contribution in [2.24, 2.45) is 0 Å². The van der Waals surface area contributed by atoms with Crippen LogP contribution in [0.25, 0.3) is 5.69 Å². The lowest BCUT2D eigenvalue weighted by Gasteiger charge is -2.28. The number of thiocarbonyl (C=S) groups is 1. The second-order valence-corrected chi connectivity index (χ2v) is 11.6. The molecule has 9 nitrogen and oxygen atoms in total. The fraction of sp³-hybridized carbons (Fsp3) is 0.179. The molecule has 1 aliphatic heterocycles. The van der Waals surface area contributed by atoms with E-state index in [1.165, 1.54) is 0 Å². The zero-order valence-electron chi connectivity index (χ0n) is 21.5. The molecule has 4 aromatic rings. The number of hydrogen-bond donors (Lipinski definition) is 3. The second kappa shape index (κ2) is 10.2. The van der Waals surface area contributed by atoms with Gasteiger partial charge in [0.2, 0.25) is 10.0 Å². The normalized spacial score (nSPS) is 17.2. The number of sulfonamides is 1. The van der Waals surface area contributed by atoms with E-state index in [0.29, 0.717) is 10.8 Å². The van der Waals surface area contributed by atoms with E-state index >= 15 is 0 Å². The summed E-state index contributed by atoms with van der Waals surface area (Å²) in [5.41, 5.74) is 6.15. The van der Waals surface area contributed by atoms with Gasteiger partial charge in [-0.25, -0.2) is 13.2 Å². The van der Waals surface area contributed by atoms with Crippen LogP contribution in [0.5, 0.6) is 0 Å². The van der Waals surface area contributed by atoms with Crippen LogP contribution in [-0.2, 0) is 10.0 Å². The summed E-state index contributed by atoms with van der Waals surface area (Å²) in [5.74, 6) is -0.972. The van der Waals surface area contributed by atoms with Crippen molar-refractivity contribution in [2.45, 2.75) is 25.9 Å². The van der Waals surface area contributed by atoms with Gasteiger partial charge in [-0.3, -0.25) is 9.71 Å². The van der Waals surface area contributed by atoms with Gasteiger partial charge < -0.3 is 19.9 Å². The van der Waals surface area contributed by atoms with Gasteiger partial charge in [-0.05, 0) is 98.4 Å². The van der Waals surface area contributed by atoms with Gasteiger partial charge in [0.1, 0.15) is 0 Å². The summed E-state index contributed by atoms with van der Waals surface area (Å²) in [4.78, 5) is 18.0. The maximum atomic E-state index is 11.7. The molecule has 0 bridgehead atoms. The molecule has 3 N–H and O–H groups in total. The largest absolute Gasteiger partial charge is 0.478 e. The number of anilines is 2. The predicted octanol–water partition coefficient (Wildman–Crippen LogP) is 4.74. The number of benzene rings is 2. The number of nitrogens with one attached hydrogen (secondary N) is 2. The Labute approximate surface area is 232 Å². The molecule has 0 spiro atoms. The number of carboxylic acid groups (broad SMARTS) is 1. The lowest BCUT2D eigenvalue weighted by Crippen LogP contribution is -2.29. The molecule has 1 saturated heterocycles. The Morgan fingerprint density at radius 2 is 1.69 bits per heavy atom. The van der Waals surface area contributed by atoms with Crippen LogP contribution >= 0.6 is 12.2 Å². The number of rotatable bonds is 7. The van der Waals surface area contributed by atoms with Gasteiger partial charge in [-0.2, -0.15) is 0 Å². The average molecular weight is 562 g/mol. The molecular formula is C28H27N5O4S2. The van der Waals surface area contributed by atoms with Gasteiger partial charge in [0, 0.05) is 34.6 Å². The number of aromatic nitrogens is 2. The molecule has 0 amide bonds. The first kappa shape index (κ1) is 26.4. The van der Waals surface area contributed by atoms with Crippen molar-refractivity contribution < 1.29 is 18.3 Å². The Balaban J connectivity index is 1.61. The molecule has 0 saturated carbocycles. The van der Waals surface area contributed by atoms with Crippen LogP contribution < -0.4 is 14.9 Å². The standard InChI is InChI=1S/C28H27N5O4S2/c1-17-16-23(18(2)32(17)21-11-7-19(8-12-21)27(34)35)26-25(24-6-4-5-15-29-24)30-28(38)33(26)22-13-9-20(10-14-22)31-39(3,36)37/h4-16,25-26,31H,1-3H3,(H,30,38)(H,34,35)/t25-,26+/m1/s1. The minimum atomic E-state index is -3.41. The fourth-order valence-corrected chi connectivity index (χ4v) is 6.00. The van der Waals surface area contributed by atoms with Crippen molar-refractivity contribution in [3.8, 4) is 5.69 Å². The quantitative estimate of drug-likeness (QED) is 0.277. The van der Waals surface area contributed by atoms with Crippen molar-refractivity contribution in [3.05, 3.63) is 107 Å². The minimum Gasteiger partial charge on any atom is -0.478 e. The van der Waals surface area contributed by atoms with Gasteiger partial charge in [-0.1, -0.05) is 6.07 Å². The topological polar surface area (TPSA) is 117 Å². The first-order valence-corrected chi connectivity index (χ1v) is 14.4. The molecule has 0 radical (unpaired) electrons. The molecule has 3 heterocycles. The van der Waals surface area contributed by atoms with E-state index in [-0.39, 0.29) is 17.6 Å². The molecule has 39 heavy (non-hydrogen) atoms. The van der Waals surface area contributed by atoms with E-state index in [4.69, 9.17) is 12.2 Å². The molecule has 1 fully saturated rings. The number of carbonyl (C=O) groups is 1. The molecule has 2 aromatic heterocycles. The number of pyridine rings is 1. The molecular weight excluding hydrogens is 534 g/mol. The van der Waals surface area contributed by atoms with Gasteiger partial charge in [0.05, 0.1) is 29.6 Å². The first-order chi connectivity index (χ1) is 18.5. The second-order valence-electron chi connectivity index (χ2n) is 9.43. The van der Waals surface area contributed by atoms with Gasteiger partial charge in [-0.15, -0.1) is 0 Å². The Morgan fingerprint density at radius 1 is 1.03 bits per heavy atom. The zero-order valence-corrected chi connectivity index (χ0v) is 23.1. The van der Waals surface area contributed by atoms with Crippen LogP contribution in [0, 0.1) is 13.8 Å². The number of aromatic carboxylic acids is 1. The highest BCUT2D eigenvalue weighted by Gasteiger charge is 2.42. The van der Waals surface area contributed by atoms with Crippen LogP contribution in [0.2, 0.25) is 0 Å². The maximum absolute atomic E-state index is 11.7. The highest BCUT2D eigenvalue weighted by molar-refractivity contribution is 7.92. The van der Waals surface area contributed by atoms with E-state index in [9.17, 15) is 18.3 Å². The Morgan fingerprint density at radius 3 is 2.28 bits per heavy atom. The third-order valence-electron chi connectivity index (χ3n) is 6.71. The number of nitrogens with zero attached hydrogens (tertiary/aromatic N) is 3.